The zero-order valence-electron chi connectivity index (χ0n) is 17.9. The van der Waals surface area contributed by atoms with E-state index >= 15 is 0 Å². The third-order valence-electron chi connectivity index (χ3n) is 7.43. The highest BCUT2D eigenvalue weighted by atomic mass is 16.5. The average Bonchev–Trinajstić information content (AvgIpc) is 2.61. The zero-order chi connectivity index (χ0) is 18.6. The van der Waals surface area contributed by atoms with Crippen LogP contribution in [-0.2, 0) is 4.74 Å². The fourth-order valence-corrected chi connectivity index (χ4v) is 5.54. The van der Waals surface area contributed by atoms with Gasteiger partial charge in [0.2, 0.25) is 0 Å². The van der Waals surface area contributed by atoms with E-state index in [0.717, 1.165) is 11.8 Å². The van der Waals surface area contributed by atoms with Crippen LogP contribution in [0, 0.1) is 17.3 Å². The number of methoxy groups -OCH3 is 1. The summed E-state index contributed by atoms with van der Waals surface area (Å²) in [5, 5.41) is 0. The summed E-state index contributed by atoms with van der Waals surface area (Å²) in [5.74, 6) is 1.86. The predicted octanol–water partition coefficient (Wildman–Crippen LogP) is 3.18. The Bertz CT molecular complexity index is 400. The Kier molecular flexibility index (Phi) is 7.40. The molecule has 0 amide bonds. The highest BCUT2D eigenvalue weighted by molar-refractivity contribution is 4.98. The summed E-state index contributed by atoms with van der Waals surface area (Å²) < 4.78 is 5.41. The Balaban J connectivity index is 0.000000948. The van der Waals surface area contributed by atoms with Crippen molar-refractivity contribution in [1.82, 2.24) is 14.7 Å². The SMILES string of the molecule is CC.COC1CC(CN2CCC(CN3CC4(CCN(C)CC4)C3)CC2)C1. The zero-order valence-corrected chi connectivity index (χ0v) is 17.9. The minimum absolute atomic E-state index is 0.561. The largest absolute Gasteiger partial charge is 0.381 e. The van der Waals surface area contributed by atoms with E-state index in [9.17, 15) is 0 Å². The van der Waals surface area contributed by atoms with Crippen molar-refractivity contribution in [3.05, 3.63) is 0 Å². The quantitative estimate of drug-likeness (QED) is 0.745. The van der Waals surface area contributed by atoms with Crippen molar-refractivity contribution < 1.29 is 4.74 Å². The van der Waals surface area contributed by atoms with Gasteiger partial charge in [0.15, 0.2) is 0 Å². The van der Waals surface area contributed by atoms with Crippen molar-refractivity contribution in [2.75, 3.05) is 66.5 Å². The number of rotatable bonds is 5. The molecule has 0 radical (unpaired) electrons. The first-order chi connectivity index (χ1) is 12.6. The Hall–Kier alpha value is -0.160. The van der Waals surface area contributed by atoms with Gasteiger partial charge in [0, 0.05) is 33.3 Å². The van der Waals surface area contributed by atoms with Gasteiger partial charge in [-0.2, -0.15) is 0 Å². The molecular weight excluding hydrogens is 322 g/mol. The first-order valence-corrected chi connectivity index (χ1v) is 11.3. The molecule has 0 aromatic carbocycles. The number of piperidine rings is 2. The molecule has 4 rings (SSSR count). The van der Waals surface area contributed by atoms with E-state index in [4.69, 9.17) is 4.74 Å². The lowest BCUT2D eigenvalue weighted by atomic mass is 9.71. The molecule has 152 valence electrons. The van der Waals surface area contributed by atoms with Crippen molar-refractivity contribution in [2.24, 2.45) is 17.3 Å². The van der Waals surface area contributed by atoms with E-state index in [1.165, 1.54) is 90.9 Å². The van der Waals surface area contributed by atoms with Gasteiger partial charge in [-0.25, -0.2) is 0 Å². The molecule has 0 aromatic heterocycles. The van der Waals surface area contributed by atoms with Crippen LogP contribution in [0.3, 0.4) is 0 Å². The molecule has 1 aliphatic carbocycles. The number of likely N-dealkylation sites (tertiary alicyclic amines) is 3. The standard InChI is InChI=1S/C20H37N3O.C2H6/c1-21-9-5-20(6-10-21)15-23(16-20)13-17-3-7-22(8-4-17)14-18-11-19(12-18)24-2;1-2/h17-19H,3-16H2,1-2H3;1-2H3. The lowest BCUT2D eigenvalue weighted by Crippen LogP contribution is -2.61. The monoisotopic (exact) mass is 365 g/mol. The summed E-state index contributed by atoms with van der Waals surface area (Å²) in [6, 6.07) is 0. The van der Waals surface area contributed by atoms with Crippen LogP contribution in [0.15, 0.2) is 0 Å². The van der Waals surface area contributed by atoms with E-state index in [1.54, 1.807) is 0 Å². The first-order valence-electron chi connectivity index (χ1n) is 11.3. The van der Waals surface area contributed by atoms with Gasteiger partial charge in [-0.15, -0.1) is 0 Å². The van der Waals surface area contributed by atoms with Gasteiger partial charge in [-0.1, -0.05) is 13.8 Å². The van der Waals surface area contributed by atoms with Crippen LogP contribution in [0.25, 0.3) is 0 Å². The fraction of sp³-hybridized carbons (Fsp3) is 1.00. The Morgan fingerprint density at radius 2 is 1.42 bits per heavy atom. The summed E-state index contributed by atoms with van der Waals surface area (Å²) in [6.07, 6.45) is 8.86. The van der Waals surface area contributed by atoms with Crippen LogP contribution >= 0.6 is 0 Å². The Morgan fingerprint density at radius 3 is 2.00 bits per heavy atom. The van der Waals surface area contributed by atoms with Crippen molar-refractivity contribution in [3.63, 3.8) is 0 Å². The van der Waals surface area contributed by atoms with Crippen molar-refractivity contribution >= 4 is 0 Å². The van der Waals surface area contributed by atoms with Crippen LogP contribution in [0.1, 0.15) is 52.4 Å². The second-order valence-electron chi connectivity index (χ2n) is 9.41. The van der Waals surface area contributed by atoms with E-state index in [2.05, 4.69) is 21.7 Å². The molecule has 0 atom stereocenters. The van der Waals surface area contributed by atoms with E-state index in [-0.39, 0.29) is 0 Å². The summed E-state index contributed by atoms with van der Waals surface area (Å²) in [7, 11) is 4.13. The molecule has 0 N–H and O–H groups in total. The normalized spacial score (nSPS) is 33.2. The van der Waals surface area contributed by atoms with Crippen molar-refractivity contribution in [3.8, 4) is 0 Å². The Labute approximate surface area is 162 Å². The molecule has 4 aliphatic rings. The van der Waals surface area contributed by atoms with Crippen LogP contribution in [0.4, 0.5) is 0 Å². The summed E-state index contributed by atoms with van der Waals surface area (Å²) in [5.41, 5.74) is 0.704. The van der Waals surface area contributed by atoms with Crippen molar-refractivity contribution in [2.45, 2.75) is 58.5 Å². The molecule has 26 heavy (non-hydrogen) atoms. The van der Waals surface area contributed by atoms with Gasteiger partial charge < -0.3 is 19.4 Å². The minimum Gasteiger partial charge on any atom is -0.381 e. The Morgan fingerprint density at radius 1 is 0.846 bits per heavy atom. The van der Waals surface area contributed by atoms with E-state index in [1.807, 2.05) is 21.0 Å². The third kappa shape index (κ3) is 5.01. The van der Waals surface area contributed by atoms with Gasteiger partial charge in [-0.3, -0.25) is 0 Å². The van der Waals surface area contributed by atoms with Gasteiger partial charge in [0.25, 0.3) is 0 Å². The summed E-state index contributed by atoms with van der Waals surface area (Å²) in [6.45, 7) is 14.8. The number of ether oxygens (including phenoxy) is 1. The maximum absolute atomic E-state index is 5.41. The van der Waals surface area contributed by atoms with Crippen LogP contribution in [0.5, 0.6) is 0 Å². The molecule has 4 nitrogen and oxygen atoms in total. The smallest absolute Gasteiger partial charge is 0.0577 e. The van der Waals surface area contributed by atoms with E-state index < -0.39 is 0 Å². The van der Waals surface area contributed by atoms with Crippen LogP contribution in [-0.4, -0.2) is 87.3 Å². The van der Waals surface area contributed by atoms with Crippen LogP contribution < -0.4 is 0 Å². The highest BCUT2D eigenvalue weighted by Gasteiger charge is 2.44. The topological polar surface area (TPSA) is 19.0 Å². The number of hydrogen-bond donors (Lipinski definition) is 0. The molecule has 0 bridgehead atoms. The average molecular weight is 366 g/mol. The number of hydrogen-bond acceptors (Lipinski definition) is 4. The molecule has 3 aliphatic heterocycles. The summed E-state index contributed by atoms with van der Waals surface area (Å²) >= 11 is 0. The van der Waals surface area contributed by atoms with Gasteiger partial charge in [-0.05, 0) is 89.0 Å². The summed E-state index contributed by atoms with van der Waals surface area (Å²) in [4.78, 5) is 7.99. The second kappa shape index (κ2) is 9.36. The first kappa shape index (κ1) is 20.6. The molecule has 3 heterocycles. The number of nitrogens with zero attached hydrogens (tertiary/aromatic N) is 3. The molecule has 0 unspecified atom stereocenters. The third-order valence-corrected chi connectivity index (χ3v) is 7.43. The molecule has 1 saturated carbocycles. The molecule has 4 fully saturated rings. The molecule has 0 aromatic rings. The van der Waals surface area contributed by atoms with Gasteiger partial charge in [0.05, 0.1) is 6.10 Å². The predicted molar refractivity (Wildman–Crippen MR) is 110 cm³/mol. The maximum Gasteiger partial charge on any atom is 0.0577 e. The van der Waals surface area contributed by atoms with Gasteiger partial charge >= 0.3 is 0 Å². The molecule has 4 heteroatoms. The minimum atomic E-state index is 0.561. The second-order valence-corrected chi connectivity index (χ2v) is 9.41. The maximum atomic E-state index is 5.41. The van der Waals surface area contributed by atoms with E-state index in [0.29, 0.717) is 11.5 Å². The highest BCUT2D eigenvalue weighted by Crippen LogP contribution is 2.41. The molecular formula is C22H43N3O. The molecule has 1 spiro atoms. The fourth-order valence-electron chi connectivity index (χ4n) is 5.54. The van der Waals surface area contributed by atoms with Gasteiger partial charge in [0.1, 0.15) is 0 Å². The van der Waals surface area contributed by atoms with Crippen LogP contribution in [0.2, 0.25) is 0 Å². The van der Waals surface area contributed by atoms with Crippen molar-refractivity contribution in [1.29, 1.82) is 0 Å². The lowest BCUT2D eigenvalue weighted by Gasteiger charge is -2.55. The molecule has 3 saturated heterocycles. The lowest BCUT2D eigenvalue weighted by molar-refractivity contribution is -0.0548.